The lowest BCUT2D eigenvalue weighted by molar-refractivity contribution is -0.387. The van der Waals surface area contributed by atoms with Gasteiger partial charge in [-0.2, -0.15) is 4.39 Å². The maximum atomic E-state index is 13.5. The van der Waals surface area contributed by atoms with Gasteiger partial charge in [-0.3, -0.25) is 10.1 Å². The number of nitrogens with zero attached hydrogens (tertiary/aromatic N) is 1. The predicted octanol–water partition coefficient (Wildman–Crippen LogP) is 1.83. The summed E-state index contributed by atoms with van der Waals surface area (Å²) in [5, 5.41) is 10.5. The van der Waals surface area contributed by atoms with E-state index in [-0.39, 0.29) is 11.5 Å². The lowest BCUT2D eigenvalue weighted by Gasteiger charge is -2.17. The topological polar surface area (TPSA) is 98.5 Å². The molecule has 1 aromatic rings. The minimum absolute atomic E-state index is 0.183. The highest BCUT2D eigenvalue weighted by Crippen LogP contribution is 2.21. The summed E-state index contributed by atoms with van der Waals surface area (Å²) < 4.78 is 45.1. The molecule has 9 heteroatoms. The first-order chi connectivity index (χ1) is 9.81. The highest BCUT2D eigenvalue weighted by atomic mass is 32.2. The molecule has 0 radical (unpaired) electrons. The third kappa shape index (κ3) is 4.73. The number of rotatable bonds is 8. The summed E-state index contributed by atoms with van der Waals surface area (Å²) in [5.41, 5.74) is -0.768. The average molecular weight is 320 g/mol. The van der Waals surface area contributed by atoms with E-state index in [9.17, 15) is 22.9 Å². The van der Waals surface area contributed by atoms with Crippen LogP contribution < -0.4 is 4.72 Å². The van der Waals surface area contributed by atoms with Crippen molar-refractivity contribution in [3.05, 3.63) is 34.1 Å². The van der Waals surface area contributed by atoms with E-state index in [0.717, 1.165) is 18.6 Å². The Morgan fingerprint density at radius 1 is 1.48 bits per heavy atom. The predicted molar refractivity (Wildman–Crippen MR) is 73.9 cm³/mol. The average Bonchev–Trinajstić information content (AvgIpc) is 2.38. The van der Waals surface area contributed by atoms with Crippen molar-refractivity contribution in [1.29, 1.82) is 0 Å². The lowest BCUT2D eigenvalue weighted by atomic mass is 10.2. The van der Waals surface area contributed by atoms with Gasteiger partial charge in [0, 0.05) is 25.3 Å². The van der Waals surface area contributed by atoms with Crippen LogP contribution in [0.4, 0.5) is 10.1 Å². The Morgan fingerprint density at radius 2 is 2.14 bits per heavy atom. The quantitative estimate of drug-likeness (QED) is 0.582. The number of halogens is 1. The van der Waals surface area contributed by atoms with Crippen LogP contribution in [0.5, 0.6) is 0 Å². The Labute approximate surface area is 122 Å². The van der Waals surface area contributed by atoms with E-state index in [1.165, 1.54) is 7.11 Å². The molecule has 1 rings (SSSR count). The van der Waals surface area contributed by atoms with Crippen LogP contribution >= 0.6 is 0 Å². The number of nitro benzene ring substituents is 1. The second-order valence-corrected chi connectivity index (χ2v) is 6.15. The van der Waals surface area contributed by atoms with Gasteiger partial charge in [0.15, 0.2) is 0 Å². The van der Waals surface area contributed by atoms with Gasteiger partial charge in [0.1, 0.15) is 0 Å². The fourth-order valence-electron chi connectivity index (χ4n) is 1.82. The van der Waals surface area contributed by atoms with E-state index < -0.39 is 32.5 Å². The number of nitrogens with one attached hydrogen (secondary N) is 1. The summed E-state index contributed by atoms with van der Waals surface area (Å²) >= 11 is 0. The van der Waals surface area contributed by atoms with Crippen molar-refractivity contribution in [1.82, 2.24) is 4.72 Å². The first kappa shape index (κ1) is 17.5. The van der Waals surface area contributed by atoms with E-state index >= 15 is 0 Å². The molecule has 0 fully saturated rings. The number of hydrogen-bond donors (Lipinski definition) is 1. The normalized spacial score (nSPS) is 13.1. The summed E-state index contributed by atoms with van der Waals surface area (Å²) in [5.74, 6) is -1.19. The fourth-order valence-corrected chi connectivity index (χ4v) is 3.08. The highest BCUT2D eigenvalue weighted by Gasteiger charge is 2.23. The zero-order valence-corrected chi connectivity index (χ0v) is 12.5. The molecule has 0 aliphatic carbocycles. The zero-order chi connectivity index (χ0) is 16.0. The monoisotopic (exact) mass is 320 g/mol. The number of sulfonamides is 1. The lowest BCUT2D eigenvalue weighted by Crippen LogP contribution is -2.37. The van der Waals surface area contributed by atoms with E-state index in [1.54, 1.807) is 0 Å². The smallest absolute Gasteiger partial charge is 0.304 e. The molecule has 0 saturated heterocycles. The first-order valence-electron chi connectivity index (χ1n) is 6.27. The second kappa shape index (κ2) is 7.43. The molecule has 0 saturated carbocycles. The van der Waals surface area contributed by atoms with Crippen LogP contribution in [0.1, 0.15) is 19.8 Å². The van der Waals surface area contributed by atoms with Gasteiger partial charge in [-0.25, -0.2) is 13.1 Å². The Balaban J connectivity index is 3.02. The summed E-state index contributed by atoms with van der Waals surface area (Å²) in [6.45, 7) is 2.07. The fraction of sp³-hybridized carbons (Fsp3) is 0.500. The summed E-state index contributed by atoms with van der Waals surface area (Å²) in [6, 6.07) is 2.02. The number of benzene rings is 1. The number of ether oxygens (including phenoxy) is 1. The van der Waals surface area contributed by atoms with Crippen LogP contribution in [0.15, 0.2) is 23.1 Å². The Bertz CT molecular complexity index is 600. The molecule has 0 spiro atoms. The largest absolute Gasteiger partial charge is 0.383 e. The van der Waals surface area contributed by atoms with Crippen molar-refractivity contribution < 1.29 is 22.5 Å². The van der Waals surface area contributed by atoms with Crippen LogP contribution in [0.25, 0.3) is 0 Å². The molecular weight excluding hydrogens is 303 g/mol. The van der Waals surface area contributed by atoms with Gasteiger partial charge in [0.05, 0.1) is 16.4 Å². The molecular formula is C12H17FN2O5S. The second-order valence-electron chi connectivity index (χ2n) is 4.43. The third-order valence-electron chi connectivity index (χ3n) is 2.75. The van der Waals surface area contributed by atoms with Gasteiger partial charge in [-0.1, -0.05) is 13.3 Å². The van der Waals surface area contributed by atoms with Gasteiger partial charge in [0.25, 0.3) is 0 Å². The summed E-state index contributed by atoms with van der Waals surface area (Å²) in [7, 11) is -2.51. The van der Waals surface area contributed by atoms with E-state index in [2.05, 4.69) is 4.72 Å². The maximum absolute atomic E-state index is 13.5. The maximum Gasteiger partial charge on any atom is 0.304 e. The van der Waals surface area contributed by atoms with Crippen molar-refractivity contribution in [3.63, 3.8) is 0 Å². The highest BCUT2D eigenvalue weighted by molar-refractivity contribution is 7.89. The van der Waals surface area contributed by atoms with E-state index in [0.29, 0.717) is 12.5 Å². The molecule has 1 N–H and O–H groups in total. The van der Waals surface area contributed by atoms with Crippen LogP contribution in [0.3, 0.4) is 0 Å². The molecule has 1 atom stereocenters. The van der Waals surface area contributed by atoms with Crippen LogP contribution in [0.2, 0.25) is 0 Å². The SMILES string of the molecule is CCCC(COC)NS(=O)(=O)c1ccc([N+](=O)[O-])c(F)c1. The summed E-state index contributed by atoms with van der Waals surface area (Å²) in [6.07, 6.45) is 1.30. The molecule has 1 unspecified atom stereocenters. The molecule has 0 bridgehead atoms. The minimum Gasteiger partial charge on any atom is -0.383 e. The van der Waals surface area contributed by atoms with Crippen molar-refractivity contribution in [2.45, 2.75) is 30.7 Å². The molecule has 0 aliphatic rings. The molecule has 7 nitrogen and oxygen atoms in total. The third-order valence-corrected chi connectivity index (χ3v) is 4.27. The molecule has 118 valence electrons. The number of nitro groups is 1. The van der Waals surface area contributed by atoms with Crippen molar-refractivity contribution in [3.8, 4) is 0 Å². The Hall–Kier alpha value is -1.58. The van der Waals surface area contributed by atoms with Crippen LogP contribution in [0, 0.1) is 15.9 Å². The van der Waals surface area contributed by atoms with Crippen molar-refractivity contribution in [2.75, 3.05) is 13.7 Å². The molecule has 0 heterocycles. The van der Waals surface area contributed by atoms with Gasteiger partial charge < -0.3 is 4.74 Å². The van der Waals surface area contributed by atoms with Gasteiger partial charge >= 0.3 is 5.69 Å². The van der Waals surface area contributed by atoms with E-state index in [4.69, 9.17) is 4.74 Å². The standard InChI is InChI=1S/C12H17FN2O5S/c1-3-4-9(8-20-2)14-21(18,19)10-5-6-12(15(16)17)11(13)7-10/h5-7,9,14H,3-4,8H2,1-2H3. The summed E-state index contributed by atoms with van der Waals surface area (Å²) in [4.78, 5) is 9.24. The molecule has 1 aromatic carbocycles. The van der Waals surface area contributed by atoms with Gasteiger partial charge in [0.2, 0.25) is 15.8 Å². The minimum atomic E-state index is -3.96. The Kier molecular flexibility index (Phi) is 6.19. The van der Waals surface area contributed by atoms with Crippen LogP contribution in [-0.4, -0.2) is 33.1 Å². The van der Waals surface area contributed by atoms with Crippen molar-refractivity contribution in [2.24, 2.45) is 0 Å². The molecule has 21 heavy (non-hydrogen) atoms. The van der Waals surface area contributed by atoms with Gasteiger partial charge in [-0.15, -0.1) is 0 Å². The van der Waals surface area contributed by atoms with E-state index in [1.807, 2.05) is 6.92 Å². The first-order valence-corrected chi connectivity index (χ1v) is 7.75. The number of hydrogen-bond acceptors (Lipinski definition) is 5. The number of methoxy groups -OCH3 is 1. The van der Waals surface area contributed by atoms with Crippen LogP contribution in [-0.2, 0) is 14.8 Å². The molecule has 0 aromatic heterocycles. The van der Waals surface area contributed by atoms with Gasteiger partial charge in [-0.05, 0) is 12.5 Å². The molecule has 0 aliphatic heterocycles. The van der Waals surface area contributed by atoms with Crippen molar-refractivity contribution >= 4 is 15.7 Å². The zero-order valence-electron chi connectivity index (χ0n) is 11.7. The molecule has 0 amide bonds. The Morgan fingerprint density at radius 3 is 2.62 bits per heavy atom.